The molecule has 0 bridgehead atoms. The molecule has 0 unspecified atom stereocenters. The molecule has 2 N–H and O–H groups in total. The van der Waals surface area contributed by atoms with Crippen molar-refractivity contribution in [2.45, 2.75) is 20.8 Å². The molecule has 18 heavy (non-hydrogen) atoms. The molecule has 1 aromatic heterocycles. The molecule has 1 heterocycles. The van der Waals surface area contributed by atoms with E-state index in [0.29, 0.717) is 11.6 Å². The minimum atomic E-state index is 0.515. The van der Waals surface area contributed by atoms with Crippen LogP contribution >= 0.6 is 0 Å². The predicted molar refractivity (Wildman–Crippen MR) is 72.6 cm³/mol. The van der Waals surface area contributed by atoms with E-state index in [4.69, 9.17) is 10.5 Å². The summed E-state index contributed by atoms with van der Waals surface area (Å²) in [7, 11) is 1.65. The Morgan fingerprint density at radius 2 is 1.83 bits per heavy atom. The fourth-order valence-corrected chi connectivity index (χ4v) is 1.92. The standard InChI is InChI=1S/C14H17N3O/c1-8-5-6-12(18-4)11(7-8)13-9(2)14(15)17-10(3)16-13/h5-7H,1-4H3,(H2,15,16,17). The van der Waals surface area contributed by atoms with Crippen LogP contribution in [0.3, 0.4) is 0 Å². The molecular formula is C14H17N3O. The van der Waals surface area contributed by atoms with E-state index in [-0.39, 0.29) is 0 Å². The summed E-state index contributed by atoms with van der Waals surface area (Å²) in [6.07, 6.45) is 0. The quantitative estimate of drug-likeness (QED) is 0.880. The second kappa shape index (κ2) is 4.64. The molecule has 0 aliphatic heterocycles. The van der Waals surface area contributed by atoms with Gasteiger partial charge in [0.15, 0.2) is 0 Å². The third kappa shape index (κ3) is 2.14. The van der Waals surface area contributed by atoms with E-state index in [1.165, 1.54) is 0 Å². The van der Waals surface area contributed by atoms with Gasteiger partial charge in [0, 0.05) is 11.1 Å². The van der Waals surface area contributed by atoms with Crippen LogP contribution in [0.1, 0.15) is 17.0 Å². The van der Waals surface area contributed by atoms with Crippen LogP contribution in [0, 0.1) is 20.8 Å². The minimum absolute atomic E-state index is 0.515. The number of nitrogens with two attached hydrogens (primary N) is 1. The molecule has 4 nitrogen and oxygen atoms in total. The number of aromatic nitrogens is 2. The van der Waals surface area contributed by atoms with Crippen LogP contribution in [0.25, 0.3) is 11.3 Å². The SMILES string of the molecule is COc1ccc(C)cc1-c1nc(C)nc(N)c1C. The number of benzene rings is 1. The maximum Gasteiger partial charge on any atom is 0.130 e. The first-order valence-electron chi connectivity index (χ1n) is 5.78. The summed E-state index contributed by atoms with van der Waals surface area (Å²) in [5.74, 6) is 1.97. The van der Waals surface area contributed by atoms with Crippen LogP contribution in [0.5, 0.6) is 5.75 Å². The van der Waals surface area contributed by atoms with Crippen LogP contribution in [0.2, 0.25) is 0 Å². The van der Waals surface area contributed by atoms with E-state index < -0.39 is 0 Å². The highest BCUT2D eigenvalue weighted by Crippen LogP contribution is 2.32. The van der Waals surface area contributed by atoms with Crippen LogP contribution in [-0.2, 0) is 0 Å². The molecule has 2 rings (SSSR count). The van der Waals surface area contributed by atoms with Gasteiger partial charge >= 0.3 is 0 Å². The van der Waals surface area contributed by atoms with Crippen molar-refractivity contribution in [3.8, 4) is 17.0 Å². The lowest BCUT2D eigenvalue weighted by molar-refractivity contribution is 0.416. The summed E-state index contributed by atoms with van der Waals surface area (Å²) >= 11 is 0. The van der Waals surface area contributed by atoms with Gasteiger partial charge in [-0.15, -0.1) is 0 Å². The molecule has 2 aromatic rings. The lowest BCUT2D eigenvalue weighted by Gasteiger charge is -2.12. The largest absolute Gasteiger partial charge is 0.496 e. The van der Waals surface area contributed by atoms with Gasteiger partial charge < -0.3 is 10.5 Å². The monoisotopic (exact) mass is 243 g/mol. The molecule has 4 heteroatoms. The van der Waals surface area contributed by atoms with Gasteiger partial charge in [-0.1, -0.05) is 11.6 Å². The van der Waals surface area contributed by atoms with E-state index in [1.54, 1.807) is 7.11 Å². The van der Waals surface area contributed by atoms with Crippen molar-refractivity contribution in [1.82, 2.24) is 9.97 Å². The molecule has 0 saturated carbocycles. The van der Waals surface area contributed by atoms with Crippen LogP contribution in [-0.4, -0.2) is 17.1 Å². The van der Waals surface area contributed by atoms with E-state index in [2.05, 4.69) is 9.97 Å². The zero-order chi connectivity index (χ0) is 13.3. The molecule has 0 saturated heterocycles. The van der Waals surface area contributed by atoms with E-state index >= 15 is 0 Å². The Balaban J connectivity index is 2.72. The Morgan fingerprint density at radius 3 is 2.50 bits per heavy atom. The number of ether oxygens (including phenoxy) is 1. The van der Waals surface area contributed by atoms with Crippen LogP contribution in [0.15, 0.2) is 18.2 Å². The summed E-state index contributed by atoms with van der Waals surface area (Å²) < 4.78 is 5.39. The average Bonchev–Trinajstić information content (AvgIpc) is 2.33. The summed E-state index contributed by atoms with van der Waals surface area (Å²) in [5.41, 5.74) is 9.71. The molecule has 1 aromatic carbocycles. The number of hydrogen-bond donors (Lipinski definition) is 1. The molecular weight excluding hydrogens is 226 g/mol. The fourth-order valence-electron chi connectivity index (χ4n) is 1.92. The number of hydrogen-bond acceptors (Lipinski definition) is 4. The van der Waals surface area contributed by atoms with Gasteiger partial charge in [-0.05, 0) is 32.9 Å². The number of rotatable bonds is 2. The summed E-state index contributed by atoms with van der Waals surface area (Å²) in [6, 6.07) is 6.00. The van der Waals surface area contributed by atoms with Crippen molar-refractivity contribution in [3.05, 3.63) is 35.2 Å². The van der Waals surface area contributed by atoms with Crippen molar-refractivity contribution in [2.24, 2.45) is 0 Å². The van der Waals surface area contributed by atoms with Gasteiger partial charge in [-0.2, -0.15) is 0 Å². The van der Waals surface area contributed by atoms with Gasteiger partial charge in [0.1, 0.15) is 17.4 Å². The molecule has 0 aliphatic carbocycles. The second-order valence-electron chi connectivity index (χ2n) is 4.33. The second-order valence-corrected chi connectivity index (χ2v) is 4.33. The van der Waals surface area contributed by atoms with Crippen molar-refractivity contribution < 1.29 is 4.74 Å². The first-order chi connectivity index (χ1) is 8.52. The lowest BCUT2D eigenvalue weighted by Crippen LogP contribution is -2.03. The third-order valence-corrected chi connectivity index (χ3v) is 2.91. The normalized spacial score (nSPS) is 10.4. The van der Waals surface area contributed by atoms with Crippen molar-refractivity contribution in [1.29, 1.82) is 0 Å². The summed E-state index contributed by atoms with van der Waals surface area (Å²) in [4.78, 5) is 8.65. The highest BCUT2D eigenvalue weighted by molar-refractivity contribution is 5.73. The van der Waals surface area contributed by atoms with Crippen molar-refractivity contribution >= 4 is 5.82 Å². The topological polar surface area (TPSA) is 61.0 Å². The molecule has 0 spiro atoms. The summed E-state index contributed by atoms with van der Waals surface area (Å²) in [5, 5.41) is 0. The van der Waals surface area contributed by atoms with Gasteiger partial charge in [0.05, 0.1) is 12.8 Å². The maximum atomic E-state index is 5.90. The first-order valence-corrected chi connectivity index (χ1v) is 5.78. The zero-order valence-electron chi connectivity index (χ0n) is 11.1. The molecule has 94 valence electrons. The van der Waals surface area contributed by atoms with E-state index in [1.807, 2.05) is 39.0 Å². The molecule has 0 radical (unpaired) electrons. The number of anilines is 1. The smallest absolute Gasteiger partial charge is 0.130 e. The molecule has 0 amide bonds. The van der Waals surface area contributed by atoms with Gasteiger partial charge in [-0.3, -0.25) is 0 Å². The fraction of sp³-hybridized carbons (Fsp3) is 0.286. The number of methoxy groups -OCH3 is 1. The summed E-state index contributed by atoms with van der Waals surface area (Å²) in [6.45, 7) is 5.79. The highest BCUT2D eigenvalue weighted by Gasteiger charge is 2.13. The van der Waals surface area contributed by atoms with Gasteiger partial charge in [0.2, 0.25) is 0 Å². The Bertz CT molecular complexity index is 594. The van der Waals surface area contributed by atoms with Crippen LogP contribution in [0.4, 0.5) is 5.82 Å². The molecule has 0 fully saturated rings. The number of aryl methyl sites for hydroxylation is 2. The lowest BCUT2D eigenvalue weighted by atomic mass is 10.0. The predicted octanol–water partition coefficient (Wildman–Crippen LogP) is 2.66. The number of nitrogens with zero attached hydrogens (tertiary/aromatic N) is 2. The maximum absolute atomic E-state index is 5.90. The molecule has 0 aliphatic rings. The van der Waals surface area contributed by atoms with Gasteiger partial charge in [-0.25, -0.2) is 9.97 Å². The Kier molecular flexibility index (Phi) is 3.19. The first kappa shape index (κ1) is 12.4. The van der Waals surface area contributed by atoms with Crippen molar-refractivity contribution in [2.75, 3.05) is 12.8 Å². The minimum Gasteiger partial charge on any atom is -0.496 e. The van der Waals surface area contributed by atoms with Crippen molar-refractivity contribution in [3.63, 3.8) is 0 Å². The Morgan fingerprint density at radius 1 is 1.11 bits per heavy atom. The van der Waals surface area contributed by atoms with Gasteiger partial charge in [0.25, 0.3) is 0 Å². The Labute approximate surface area is 107 Å². The third-order valence-electron chi connectivity index (χ3n) is 2.91. The van der Waals surface area contributed by atoms with Crippen LogP contribution < -0.4 is 10.5 Å². The number of nitrogen functional groups attached to an aromatic ring is 1. The average molecular weight is 243 g/mol. The Hall–Kier alpha value is -2.10. The van der Waals surface area contributed by atoms with E-state index in [0.717, 1.165) is 28.1 Å². The zero-order valence-corrected chi connectivity index (χ0v) is 11.1. The molecule has 0 atom stereocenters. The highest BCUT2D eigenvalue weighted by atomic mass is 16.5. The van der Waals surface area contributed by atoms with E-state index in [9.17, 15) is 0 Å².